The normalized spacial score (nSPS) is 22.8. The Hall–Kier alpha value is -1.64. The summed E-state index contributed by atoms with van der Waals surface area (Å²) in [6.07, 6.45) is -0.124. The third-order valence-corrected chi connectivity index (χ3v) is 6.36. The highest BCUT2D eigenvalue weighted by atomic mass is 32.2. The summed E-state index contributed by atoms with van der Waals surface area (Å²) < 4.78 is 33.0. The standard InChI is InChI=1S/C16H23N3O4S/c1-12-11-19(13(2)20)15-10-14(4-5-16(15)23-12)24(21,22)18-8-6-17(3)7-9-18/h4-5,10,12H,6-9,11H2,1-3H3/t12-/m0/s1. The molecule has 0 bridgehead atoms. The third-order valence-electron chi connectivity index (χ3n) is 4.47. The second-order valence-electron chi connectivity index (χ2n) is 6.39. The molecule has 1 atom stereocenters. The third kappa shape index (κ3) is 3.13. The number of ether oxygens (including phenoxy) is 1. The van der Waals surface area contributed by atoms with Crippen LogP contribution in [-0.4, -0.2) is 69.4 Å². The van der Waals surface area contributed by atoms with Crippen LogP contribution >= 0.6 is 0 Å². The zero-order chi connectivity index (χ0) is 17.5. The van der Waals surface area contributed by atoms with Crippen molar-refractivity contribution in [2.24, 2.45) is 0 Å². The Morgan fingerprint density at radius 2 is 1.88 bits per heavy atom. The molecule has 1 aromatic rings. The van der Waals surface area contributed by atoms with Gasteiger partial charge in [0, 0.05) is 33.1 Å². The lowest BCUT2D eigenvalue weighted by molar-refractivity contribution is -0.117. The molecule has 1 saturated heterocycles. The maximum absolute atomic E-state index is 12.9. The van der Waals surface area contributed by atoms with Gasteiger partial charge in [-0.3, -0.25) is 4.79 Å². The fourth-order valence-corrected chi connectivity index (χ4v) is 4.50. The lowest BCUT2D eigenvalue weighted by Gasteiger charge is -2.34. The van der Waals surface area contributed by atoms with Crippen molar-refractivity contribution in [2.75, 3.05) is 44.7 Å². The number of sulfonamides is 1. The molecule has 0 saturated carbocycles. The number of hydrogen-bond acceptors (Lipinski definition) is 5. The molecule has 0 radical (unpaired) electrons. The molecule has 3 rings (SSSR count). The van der Waals surface area contributed by atoms with Gasteiger partial charge in [-0.25, -0.2) is 8.42 Å². The van der Waals surface area contributed by atoms with E-state index in [2.05, 4.69) is 4.90 Å². The molecule has 8 heteroatoms. The van der Waals surface area contributed by atoms with E-state index in [-0.39, 0.29) is 16.9 Å². The molecule has 1 amide bonds. The fourth-order valence-electron chi connectivity index (χ4n) is 3.05. The summed E-state index contributed by atoms with van der Waals surface area (Å²) in [7, 11) is -1.59. The molecule has 1 aromatic carbocycles. The molecule has 132 valence electrons. The van der Waals surface area contributed by atoms with E-state index in [1.165, 1.54) is 11.2 Å². The van der Waals surface area contributed by atoms with Crippen molar-refractivity contribution >= 4 is 21.6 Å². The van der Waals surface area contributed by atoms with Crippen LogP contribution in [0.5, 0.6) is 5.75 Å². The lowest BCUT2D eigenvalue weighted by Crippen LogP contribution is -2.47. The van der Waals surface area contributed by atoms with Gasteiger partial charge in [0.15, 0.2) is 0 Å². The van der Waals surface area contributed by atoms with Crippen LogP contribution in [0.2, 0.25) is 0 Å². The number of nitrogens with zero attached hydrogens (tertiary/aromatic N) is 3. The van der Waals surface area contributed by atoms with Crippen molar-refractivity contribution in [3.63, 3.8) is 0 Å². The first-order valence-corrected chi connectivity index (χ1v) is 9.50. The highest BCUT2D eigenvalue weighted by Crippen LogP contribution is 2.36. The topological polar surface area (TPSA) is 70.2 Å². The average molecular weight is 353 g/mol. The Morgan fingerprint density at radius 3 is 2.50 bits per heavy atom. The van der Waals surface area contributed by atoms with E-state index in [9.17, 15) is 13.2 Å². The summed E-state index contributed by atoms with van der Waals surface area (Å²) in [5.74, 6) is 0.418. The SMILES string of the molecule is CC(=O)N1C[C@H](C)Oc2ccc(S(=O)(=O)N3CCN(C)CC3)cc21. The van der Waals surface area contributed by atoms with Crippen LogP contribution in [0.4, 0.5) is 5.69 Å². The van der Waals surface area contributed by atoms with E-state index in [1.807, 2.05) is 14.0 Å². The second kappa shape index (κ2) is 6.34. The van der Waals surface area contributed by atoms with Gasteiger partial charge in [0.05, 0.1) is 17.1 Å². The van der Waals surface area contributed by atoms with Crippen LogP contribution in [0, 0.1) is 0 Å². The van der Waals surface area contributed by atoms with E-state index in [4.69, 9.17) is 4.74 Å². The summed E-state index contributed by atoms with van der Waals surface area (Å²) >= 11 is 0. The number of piperazine rings is 1. The number of benzene rings is 1. The van der Waals surface area contributed by atoms with Crippen LogP contribution < -0.4 is 9.64 Å². The maximum atomic E-state index is 12.9. The Labute approximate surface area is 142 Å². The first-order valence-electron chi connectivity index (χ1n) is 8.06. The molecule has 1 fully saturated rings. The minimum absolute atomic E-state index is 0.124. The fraction of sp³-hybridized carbons (Fsp3) is 0.562. The van der Waals surface area contributed by atoms with Gasteiger partial charge in [0.25, 0.3) is 0 Å². The number of rotatable bonds is 2. The molecule has 0 unspecified atom stereocenters. The van der Waals surface area contributed by atoms with Crippen LogP contribution in [0.25, 0.3) is 0 Å². The summed E-state index contributed by atoms with van der Waals surface area (Å²) in [6.45, 7) is 6.14. The van der Waals surface area contributed by atoms with Gasteiger partial charge >= 0.3 is 0 Å². The maximum Gasteiger partial charge on any atom is 0.243 e. The van der Waals surface area contributed by atoms with Gasteiger partial charge < -0.3 is 14.5 Å². The number of carbonyl (C=O) groups excluding carboxylic acids is 1. The summed E-state index contributed by atoms with van der Waals surface area (Å²) in [5, 5.41) is 0. The van der Waals surface area contributed by atoms with Gasteiger partial charge in [-0.15, -0.1) is 0 Å². The number of anilines is 1. The number of amides is 1. The predicted molar refractivity (Wildman–Crippen MR) is 90.8 cm³/mol. The van der Waals surface area contributed by atoms with Crippen molar-refractivity contribution < 1.29 is 17.9 Å². The monoisotopic (exact) mass is 353 g/mol. The van der Waals surface area contributed by atoms with E-state index < -0.39 is 10.0 Å². The molecule has 0 aliphatic carbocycles. The van der Waals surface area contributed by atoms with Crippen molar-refractivity contribution in [3.8, 4) is 5.75 Å². The minimum atomic E-state index is -3.57. The molecule has 0 aromatic heterocycles. The number of hydrogen-bond donors (Lipinski definition) is 0. The minimum Gasteiger partial charge on any atom is -0.487 e. The van der Waals surface area contributed by atoms with Gasteiger partial charge in [-0.2, -0.15) is 4.31 Å². The smallest absolute Gasteiger partial charge is 0.243 e. The zero-order valence-corrected chi connectivity index (χ0v) is 15.0. The number of likely N-dealkylation sites (N-methyl/N-ethyl adjacent to an activating group) is 1. The molecule has 2 heterocycles. The highest BCUT2D eigenvalue weighted by molar-refractivity contribution is 7.89. The van der Waals surface area contributed by atoms with Crippen LogP contribution in [0.3, 0.4) is 0 Å². The molecule has 2 aliphatic heterocycles. The molecular weight excluding hydrogens is 330 g/mol. The van der Waals surface area contributed by atoms with E-state index >= 15 is 0 Å². The number of fused-ring (bicyclic) bond motifs is 1. The zero-order valence-electron chi connectivity index (χ0n) is 14.2. The van der Waals surface area contributed by atoms with Crippen molar-refractivity contribution in [1.82, 2.24) is 9.21 Å². The van der Waals surface area contributed by atoms with Gasteiger partial charge in [0.1, 0.15) is 11.9 Å². The quantitative estimate of drug-likeness (QED) is 0.785. The van der Waals surface area contributed by atoms with Gasteiger partial charge in [-0.05, 0) is 32.2 Å². The lowest BCUT2D eigenvalue weighted by atomic mass is 10.2. The number of carbonyl (C=O) groups is 1. The summed E-state index contributed by atoms with van der Waals surface area (Å²) in [5.41, 5.74) is 0.524. The van der Waals surface area contributed by atoms with E-state index in [0.29, 0.717) is 44.2 Å². The largest absolute Gasteiger partial charge is 0.487 e. The first-order chi connectivity index (χ1) is 11.3. The van der Waals surface area contributed by atoms with Crippen LogP contribution in [-0.2, 0) is 14.8 Å². The van der Waals surface area contributed by atoms with Crippen molar-refractivity contribution in [1.29, 1.82) is 0 Å². The van der Waals surface area contributed by atoms with Gasteiger partial charge in [0.2, 0.25) is 15.9 Å². The summed E-state index contributed by atoms with van der Waals surface area (Å²) in [4.78, 5) is 15.8. The predicted octanol–water partition coefficient (Wildman–Crippen LogP) is 0.757. The average Bonchev–Trinajstić information content (AvgIpc) is 2.53. The van der Waals surface area contributed by atoms with Gasteiger partial charge in [-0.1, -0.05) is 0 Å². The Balaban J connectivity index is 1.95. The Morgan fingerprint density at radius 1 is 1.21 bits per heavy atom. The molecule has 24 heavy (non-hydrogen) atoms. The molecule has 0 spiro atoms. The summed E-state index contributed by atoms with van der Waals surface area (Å²) in [6, 6.07) is 4.75. The first kappa shape index (κ1) is 17.2. The molecular formula is C16H23N3O4S. The van der Waals surface area contributed by atoms with Crippen LogP contribution in [0.1, 0.15) is 13.8 Å². The van der Waals surface area contributed by atoms with E-state index in [0.717, 1.165) is 0 Å². The highest BCUT2D eigenvalue weighted by Gasteiger charge is 2.31. The molecule has 7 nitrogen and oxygen atoms in total. The van der Waals surface area contributed by atoms with Crippen molar-refractivity contribution in [3.05, 3.63) is 18.2 Å². The second-order valence-corrected chi connectivity index (χ2v) is 8.33. The van der Waals surface area contributed by atoms with Crippen molar-refractivity contribution in [2.45, 2.75) is 24.8 Å². The van der Waals surface area contributed by atoms with Crippen LogP contribution in [0.15, 0.2) is 23.1 Å². The Bertz CT molecular complexity index is 742. The van der Waals surface area contributed by atoms with E-state index in [1.54, 1.807) is 23.1 Å². The molecule has 2 aliphatic rings. The molecule has 0 N–H and O–H groups in total. The Kier molecular flexibility index (Phi) is 4.54.